The van der Waals surface area contributed by atoms with Gasteiger partial charge in [0, 0.05) is 18.9 Å². The molecule has 0 N–H and O–H groups in total. The number of halogens is 1. The van der Waals surface area contributed by atoms with Gasteiger partial charge in [-0.3, -0.25) is 4.79 Å². The molecular formula is C16H24BrNO. The van der Waals surface area contributed by atoms with Crippen LogP contribution in [-0.2, 0) is 11.2 Å². The van der Waals surface area contributed by atoms with Crippen LogP contribution >= 0.6 is 15.9 Å². The number of aryl methyl sites for hydroxylation is 2. The summed E-state index contributed by atoms with van der Waals surface area (Å²) in [7, 11) is 1.90. The maximum absolute atomic E-state index is 12.1. The lowest BCUT2D eigenvalue weighted by Crippen LogP contribution is -2.29. The monoisotopic (exact) mass is 325 g/mol. The molecule has 2 nitrogen and oxygen atoms in total. The molecule has 0 heterocycles. The molecule has 0 spiro atoms. The Hall–Kier alpha value is -0.830. The van der Waals surface area contributed by atoms with Crippen molar-refractivity contribution in [2.45, 2.75) is 39.5 Å². The number of carbonyl (C=O) groups excluding carboxylic acids is 1. The van der Waals surface area contributed by atoms with Crippen molar-refractivity contribution in [2.24, 2.45) is 0 Å². The van der Waals surface area contributed by atoms with Crippen molar-refractivity contribution in [1.29, 1.82) is 0 Å². The molecule has 1 rings (SSSR count). The van der Waals surface area contributed by atoms with E-state index in [9.17, 15) is 4.79 Å². The summed E-state index contributed by atoms with van der Waals surface area (Å²) in [5.41, 5.74) is 3.64. The van der Waals surface area contributed by atoms with Crippen LogP contribution in [0.1, 0.15) is 36.0 Å². The Morgan fingerprint density at radius 3 is 2.53 bits per heavy atom. The van der Waals surface area contributed by atoms with Crippen molar-refractivity contribution in [2.75, 3.05) is 18.9 Å². The fraction of sp³-hybridized carbons (Fsp3) is 0.562. The highest BCUT2D eigenvalue weighted by Crippen LogP contribution is 2.11. The molecule has 0 aliphatic carbocycles. The van der Waals surface area contributed by atoms with E-state index in [2.05, 4.69) is 48.0 Å². The van der Waals surface area contributed by atoms with Crippen LogP contribution in [0.3, 0.4) is 0 Å². The van der Waals surface area contributed by atoms with Crippen molar-refractivity contribution in [3.63, 3.8) is 0 Å². The lowest BCUT2D eigenvalue weighted by Gasteiger charge is -2.17. The number of benzene rings is 1. The zero-order valence-corrected chi connectivity index (χ0v) is 13.8. The number of nitrogens with zero attached hydrogens (tertiary/aromatic N) is 1. The SMILES string of the molecule is Cc1ccc(CC(=O)N(C)CCCCCBr)cc1C. The summed E-state index contributed by atoms with van der Waals surface area (Å²) in [5, 5.41) is 1.05. The van der Waals surface area contributed by atoms with Gasteiger partial charge in [-0.25, -0.2) is 0 Å². The van der Waals surface area contributed by atoms with E-state index in [-0.39, 0.29) is 5.91 Å². The van der Waals surface area contributed by atoms with Gasteiger partial charge in [0.1, 0.15) is 0 Å². The number of hydrogen-bond donors (Lipinski definition) is 0. The fourth-order valence-electron chi connectivity index (χ4n) is 1.97. The molecule has 0 saturated heterocycles. The Morgan fingerprint density at radius 2 is 1.89 bits per heavy atom. The minimum atomic E-state index is 0.210. The van der Waals surface area contributed by atoms with Crippen molar-refractivity contribution in [3.8, 4) is 0 Å². The molecule has 19 heavy (non-hydrogen) atoms. The van der Waals surface area contributed by atoms with E-state index >= 15 is 0 Å². The summed E-state index contributed by atoms with van der Waals surface area (Å²) < 4.78 is 0. The van der Waals surface area contributed by atoms with Gasteiger partial charge in [-0.1, -0.05) is 40.5 Å². The van der Waals surface area contributed by atoms with Crippen LogP contribution in [0.25, 0.3) is 0 Å². The van der Waals surface area contributed by atoms with E-state index in [0.717, 1.165) is 23.9 Å². The molecule has 106 valence electrons. The first-order chi connectivity index (χ1) is 9.04. The number of unbranched alkanes of at least 4 members (excludes halogenated alkanes) is 2. The summed E-state index contributed by atoms with van der Waals surface area (Å²) in [6, 6.07) is 6.26. The predicted octanol–water partition coefficient (Wildman–Crippen LogP) is 3.87. The molecule has 0 radical (unpaired) electrons. The van der Waals surface area contributed by atoms with Gasteiger partial charge in [0.05, 0.1) is 6.42 Å². The molecule has 0 unspecified atom stereocenters. The first-order valence-corrected chi connectivity index (χ1v) is 8.03. The van der Waals surface area contributed by atoms with E-state index in [0.29, 0.717) is 6.42 Å². The number of hydrogen-bond acceptors (Lipinski definition) is 1. The molecule has 0 fully saturated rings. The van der Waals surface area contributed by atoms with Gasteiger partial charge >= 0.3 is 0 Å². The number of carbonyl (C=O) groups is 1. The smallest absolute Gasteiger partial charge is 0.226 e. The Morgan fingerprint density at radius 1 is 1.16 bits per heavy atom. The summed E-state index contributed by atoms with van der Waals surface area (Å²) in [5.74, 6) is 0.210. The Kier molecular flexibility index (Phi) is 7.14. The van der Waals surface area contributed by atoms with Gasteiger partial charge < -0.3 is 4.90 Å². The molecular weight excluding hydrogens is 302 g/mol. The average molecular weight is 326 g/mol. The lowest BCUT2D eigenvalue weighted by atomic mass is 10.0. The van der Waals surface area contributed by atoms with Gasteiger partial charge in [0.15, 0.2) is 0 Å². The third-order valence-corrected chi connectivity index (χ3v) is 4.04. The van der Waals surface area contributed by atoms with Crippen molar-refractivity contribution in [3.05, 3.63) is 34.9 Å². The van der Waals surface area contributed by atoms with Crippen LogP contribution < -0.4 is 0 Å². The third kappa shape index (κ3) is 5.77. The quantitative estimate of drug-likeness (QED) is 0.550. The number of likely N-dealkylation sites (N-methyl/N-ethyl adjacent to an activating group) is 1. The fourth-order valence-corrected chi connectivity index (χ4v) is 2.36. The normalized spacial score (nSPS) is 10.5. The third-order valence-electron chi connectivity index (χ3n) is 3.48. The van der Waals surface area contributed by atoms with Gasteiger partial charge in [0.2, 0.25) is 5.91 Å². The molecule has 1 amide bonds. The molecule has 0 saturated carbocycles. The largest absolute Gasteiger partial charge is 0.345 e. The summed E-state index contributed by atoms with van der Waals surface area (Å²) in [6.07, 6.45) is 3.95. The zero-order valence-electron chi connectivity index (χ0n) is 12.2. The second kappa shape index (κ2) is 8.36. The molecule has 0 aliphatic heterocycles. The first-order valence-electron chi connectivity index (χ1n) is 6.90. The van der Waals surface area contributed by atoms with E-state index in [1.54, 1.807) is 0 Å². The molecule has 0 atom stereocenters. The number of alkyl halides is 1. The maximum atomic E-state index is 12.1. The summed E-state index contributed by atoms with van der Waals surface area (Å²) in [6.45, 7) is 5.04. The first kappa shape index (κ1) is 16.2. The van der Waals surface area contributed by atoms with Crippen molar-refractivity contribution >= 4 is 21.8 Å². The minimum absolute atomic E-state index is 0.210. The summed E-state index contributed by atoms with van der Waals surface area (Å²) >= 11 is 3.42. The predicted molar refractivity (Wildman–Crippen MR) is 84.9 cm³/mol. The van der Waals surface area contributed by atoms with Crippen LogP contribution in [-0.4, -0.2) is 29.7 Å². The van der Waals surface area contributed by atoms with E-state index in [1.807, 2.05) is 11.9 Å². The van der Waals surface area contributed by atoms with Crippen LogP contribution in [0.15, 0.2) is 18.2 Å². The van der Waals surface area contributed by atoms with Crippen LogP contribution in [0.2, 0.25) is 0 Å². The van der Waals surface area contributed by atoms with Gasteiger partial charge in [-0.15, -0.1) is 0 Å². The molecule has 1 aromatic rings. The minimum Gasteiger partial charge on any atom is -0.345 e. The van der Waals surface area contributed by atoms with E-state index < -0.39 is 0 Å². The molecule has 1 aromatic carbocycles. The average Bonchev–Trinajstić information content (AvgIpc) is 2.38. The van der Waals surface area contributed by atoms with Crippen LogP contribution in [0.4, 0.5) is 0 Å². The highest BCUT2D eigenvalue weighted by Gasteiger charge is 2.09. The maximum Gasteiger partial charge on any atom is 0.226 e. The second-order valence-corrected chi connectivity index (χ2v) is 5.95. The van der Waals surface area contributed by atoms with E-state index in [4.69, 9.17) is 0 Å². The van der Waals surface area contributed by atoms with Gasteiger partial charge in [0.25, 0.3) is 0 Å². The van der Waals surface area contributed by atoms with Gasteiger partial charge in [-0.05, 0) is 43.4 Å². The second-order valence-electron chi connectivity index (χ2n) is 5.16. The Labute approximate surface area is 125 Å². The molecule has 0 bridgehead atoms. The van der Waals surface area contributed by atoms with Gasteiger partial charge in [-0.2, -0.15) is 0 Å². The highest BCUT2D eigenvalue weighted by molar-refractivity contribution is 9.09. The lowest BCUT2D eigenvalue weighted by molar-refractivity contribution is -0.129. The number of rotatable bonds is 7. The molecule has 0 aromatic heterocycles. The summed E-state index contributed by atoms with van der Waals surface area (Å²) in [4.78, 5) is 13.9. The van der Waals surface area contributed by atoms with Crippen molar-refractivity contribution < 1.29 is 4.79 Å². The Bertz CT molecular complexity index is 417. The van der Waals surface area contributed by atoms with Crippen LogP contribution in [0.5, 0.6) is 0 Å². The number of amides is 1. The highest BCUT2D eigenvalue weighted by atomic mass is 79.9. The van der Waals surface area contributed by atoms with Crippen LogP contribution in [0, 0.1) is 13.8 Å². The molecule has 0 aliphatic rings. The van der Waals surface area contributed by atoms with Crippen molar-refractivity contribution in [1.82, 2.24) is 4.90 Å². The Balaban J connectivity index is 2.42. The topological polar surface area (TPSA) is 20.3 Å². The zero-order chi connectivity index (χ0) is 14.3. The molecule has 3 heteroatoms. The van der Waals surface area contributed by atoms with E-state index in [1.165, 1.54) is 24.0 Å². The standard InChI is InChI=1S/C16H24BrNO/c1-13-7-8-15(11-14(13)2)12-16(19)18(3)10-6-4-5-9-17/h7-8,11H,4-6,9-10,12H2,1-3H3.